The van der Waals surface area contributed by atoms with Crippen LogP contribution in [0.15, 0.2) is 22.7 Å². The van der Waals surface area contributed by atoms with E-state index < -0.39 is 5.91 Å². The van der Waals surface area contributed by atoms with E-state index in [1.165, 1.54) is 0 Å². The van der Waals surface area contributed by atoms with E-state index in [2.05, 4.69) is 36.8 Å². The fourth-order valence-corrected chi connectivity index (χ4v) is 3.20. The number of hydrogen-bond acceptors (Lipinski definition) is 3. The van der Waals surface area contributed by atoms with Gasteiger partial charge in [-0.15, -0.1) is 0 Å². The van der Waals surface area contributed by atoms with Gasteiger partial charge < -0.3 is 10.6 Å². The van der Waals surface area contributed by atoms with Gasteiger partial charge in [-0.05, 0) is 46.5 Å². The van der Waals surface area contributed by atoms with Crippen molar-refractivity contribution in [3.05, 3.63) is 44.6 Å². The molecule has 134 valence electrons. The Morgan fingerprint density at radius 3 is 2.64 bits per heavy atom. The van der Waals surface area contributed by atoms with E-state index in [0.29, 0.717) is 27.3 Å². The van der Waals surface area contributed by atoms with Gasteiger partial charge in [0.1, 0.15) is 0 Å². The lowest BCUT2D eigenvalue weighted by molar-refractivity contribution is 0.0954. The van der Waals surface area contributed by atoms with Gasteiger partial charge in [0.05, 0.1) is 21.4 Å². The second-order valence-corrected chi connectivity index (χ2v) is 7.08. The second kappa shape index (κ2) is 8.49. The number of anilines is 1. The Kier molecular flexibility index (Phi) is 6.61. The van der Waals surface area contributed by atoms with Crippen LogP contribution in [0.1, 0.15) is 59.7 Å². The van der Waals surface area contributed by atoms with Crippen molar-refractivity contribution in [2.24, 2.45) is 0 Å². The van der Waals surface area contributed by atoms with Crippen LogP contribution in [0.4, 0.5) is 5.69 Å². The van der Waals surface area contributed by atoms with Gasteiger partial charge in [-0.25, -0.2) is 0 Å². The normalized spacial score (nSPS) is 10.8. The van der Waals surface area contributed by atoms with Crippen LogP contribution in [0, 0.1) is 0 Å². The summed E-state index contributed by atoms with van der Waals surface area (Å²) in [6.07, 6.45) is 0.819. The summed E-state index contributed by atoms with van der Waals surface area (Å²) in [6.45, 7) is 6.50. The first-order valence-electron chi connectivity index (χ1n) is 7.98. The van der Waals surface area contributed by atoms with Crippen LogP contribution >= 0.6 is 27.5 Å². The quantitative estimate of drug-likeness (QED) is 0.641. The molecule has 3 N–H and O–H groups in total. The van der Waals surface area contributed by atoms with Crippen LogP contribution in [0.5, 0.6) is 0 Å². The Bertz CT molecular complexity index is 789. The van der Waals surface area contributed by atoms with Crippen LogP contribution < -0.4 is 10.6 Å². The summed E-state index contributed by atoms with van der Waals surface area (Å²) in [5.74, 6) is -0.510. The summed E-state index contributed by atoms with van der Waals surface area (Å²) in [7, 11) is 0. The van der Waals surface area contributed by atoms with E-state index in [-0.39, 0.29) is 17.5 Å². The van der Waals surface area contributed by atoms with Gasteiger partial charge in [-0.1, -0.05) is 32.4 Å². The molecule has 0 bridgehead atoms. The number of hydrogen-bond donors (Lipinski definition) is 3. The van der Waals surface area contributed by atoms with Crippen molar-refractivity contribution in [1.82, 2.24) is 15.5 Å². The van der Waals surface area contributed by atoms with Gasteiger partial charge in [-0.3, -0.25) is 14.7 Å². The molecule has 1 aromatic heterocycles. The van der Waals surface area contributed by atoms with E-state index in [4.69, 9.17) is 11.6 Å². The number of carbonyl (C=O) groups excluding carboxylic acids is 2. The third kappa shape index (κ3) is 4.61. The third-order valence-electron chi connectivity index (χ3n) is 3.53. The summed E-state index contributed by atoms with van der Waals surface area (Å²) in [5.41, 5.74) is 1.75. The fourth-order valence-electron chi connectivity index (χ4n) is 2.21. The van der Waals surface area contributed by atoms with Gasteiger partial charge in [0, 0.05) is 11.6 Å². The maximum absolute atomic E-state index is 12.6. The topological polar surface area (TPSA) is 86.9 Å². The van der Waals surface area contributed by atoms with Gasteiger partial charge >= 0.3 is 0 Å². The van der Waals surface area contributed by atoms with E-state index in [9.17, 15) is 9.59 Å². The van der Waals surface area contributed by atoms with Crippen LogP contribution in [0.25, 0.3) is 0 Å². The Morgan fingerprint density at radius 1 is 1.32 bits per heavy atom. The SMILES string of the molecule is CCCNC(=O)c1ccc(Cl)cc1NC(=O)c1n[nH]c(C(C)C)c1Br. The number of carbonyl (C=O) groups is 2. The molecule has 0 radical (unpaired) electrons. The van der Waals surface area contributed by atoms with Crippen LogP contribution in [0.2, 0.25) is 5.02 Å². The number of benzene rings is 1. The maximum Gasteiger partial charge on any atom is 0.277 e. The van der Waals surface area contributed by atoms with E-state index in [1.807, 2.05) is 20.8 Å². The second-order valence-electron chi connectivity index (χ2n) is 5.85. The molecule has 0 saturated carbocycles. The van der Waals surface area contributed by atoms with Crippen molar-refractivity contribution >= 4 is 45.0 Å². The zero-order chi connectivity index (χ0) is 18.6. The lowest BCUT2D eigenvalue weighted by Gasteiger charge is -2.11. The molecule has 2 aromatic rings. The van der Waals surface area contributed by atoms with Crippen molar-refractivity contribution in [1.29, 1.82) is 0 Å². The summed E-state index contributed by atoms with van der Waals surface area (Å²) in [4.78, 5) is 24.9. The third-order valence-corrected chi connectivity index (χ3v) is 4.57. The zero-order valence-corrected chi connectivity index (χ0v) is 16.6. The number of aromatic nitrogens is 2. The molecule has 0 aliphatic heterocycles. The molecule has 0 unspecified atom stereocenters. The smallest absolute Gasteiger partial charge is 0.277 e. The summed E-state index contributed by atoms with van der Waals surface area (Å²) in [6, 6.07) is 4.74. The van der Waals surface area contributed by atoms with Gasteiger partial charge in [0.2, 0.25) is 0 Å². The largest absolute Gasteiger partial charge is 0.352 e. The molecule has 0 atom stereocenters. The van der Waals surface area contributed by atoms with Crippen LogP contribution in [-0.2, 0) is 0 Å². The van der Waals surface area contributed by atoms with Crippen molar-refractivity contribution in [3.63, 3.8) is 0 Å². The molecule has 0 aliphatic rings. The monoisotopic (exact) mass is 426 g/mol. The molecular formula is C17H20BrClN4O2. The standard InChI is InChI=1S/C17H20BrClN4O2/c1-4-7-20-16(24)11-6-5-10(19)8-12(11)21-17(25)15-13(18)14(9(2)3)22-23-15/h5-6,8-9H,4,7H2,1-3H3,(H,20,24)(H,21,25)(H,22,23). The molecule has 0 saturated heterocycles. The number of rotatable bonds is 6. The Balaban J connectivity index is 2.28. The molecule has 8 heteroatoms. The van der Waals surface area contributed by atoms with E-state index in [0.717, 1.165) is 12.1 Å². The summed E-state index contributed by atoms with van der Waals surface area (Å²) in [5, 5.41) is 12.8. The highest BCUT2D eigenvalue weighted by Gasteiger charge is 2.21. The highest BCUT2D eigenvalue weighted by molar-refractivity contribution is 9.10. The van der Waals surface area contributed by atoms with Crippen LogP contribution in [-0.4, -0.2) is 28.6 Å². The average Bonchev–Trinajstić information content (AvgIpc) is 2.94. The number of amides is 2. The minimum absolute atomic E-state index is 0.185. The minimum atomic E-state index is -0.429. The fraction of sp³-hybridized carbons (Fsp3) is 0.353. The maximum atomic E-state index is 12.6. The Hall–Kier alpha value is -1.86. The highest BCUT2D eigenvalue weighted by Crippen LogP contribution is 2.27. The highest BCUT2D eigenvalue weighted by atomic mass is 79.9. The van der Waals surface area contributed by atoms with Gasteiger partial charge in [0.25, 0.3) is 11.8 Å². The predicted molar refractivity (Wildman–Crippen MR) is 102 cm³/mol. The molecule has 6 nitrogen and oxygen atoms in total. The first kappa shape index (κ1) is 19.5. The summed E-state index contributed by atoms with van der Waals surface area (Å²) >= 11 is 9.42. The first-order valence-corrected chi connectivity index (χ1v) is 9.15. The molecule has 1 aromatic carbocycles. The predicted octanol–water partition coefficient (Wildman–Crippen LogP) is 4.34. The van der Waals surface area contributed by atoms with E-state index >= 15 is 0 Å². The van der Waals surface area contributed by atoms with Crippen molar-refractivity contribution in [3.8, 4) is 0 Å². The molecule has 1 heterocycles. The van der Waals surface area contributed by atoms with Gasteiger partial charge in [0.15, 0.2) is 5.69 Å². The number of nitrogens with zero attached hydrogens (tertiary/aromatic N) is 1. The zero-order valence-electron chi connectivity index (χ0n) is 14.2. The molecule has 0 fully saturated rings. The van der Waals surface area contributed by atoms with E-state index in [1.54, 1.807) is 18.2 Å². The Labute approximate surface area is 159 Å². The molecule has 0 aliphatic carbocycles. The Morgan fingerprint density at radius 2 is 2.04 bits per heavy atom. The van der Waals surface area contributed by atoms with Crippen molar-refractivity contribution < 1.29 is 9.59 Å². The number of aromatic amines is 1. The molecule has 0 spiro atoms. The van der Waals surface area contributed by atoms with Crippen molar-refractivity contribution in [2.75, 3.05) is 11.9 Å². The van der Waals surface area contributed by atoms with Crippen LogP contribution in [0.3, 0.4) is 0 Å². The lowest BCUT2D eigenvalue weighted by Crippen LogP contribution is -2.26. The molecule has 2 rings (SSSR count). The molecular weight excluding hydrogens is 408 g/mol. The number of halogens is 2. The molecule has 25 heavy (non-hydrogen) atoms. The molecule has 2 amide bonds. The summed E-state index contributed by atoms with van der Waals surface area (Å²) < 4.78 is 0.610. The number of nitrogens with one attached hydrogen (secondary N) is 3. The first-order chi connectivity index (χ1) is 11.8. The lowest BCUT2D eigenvalue weighted by atomic mass is 10.1. The number of H-pyrrole nitrogens is 1. The average molecular weight is 428 g/mol. The van der Waals surface area contributed by atoms with Gasteiger partial charge in [-0.2, -0.15) is 5.10 Å². The van der Waals surface area contributed by atoms with Crippen molar-refractivity contribution in [2.45, 2.75) is 33.1 Å². The minimum Gasteiger partial charge on any atom is -0.352 e.